The van der Waals surface area contributed by atoms with Crippen LogP contribution >= 0.6 is 0 Å². The first kappa shape index (κ1) is 35.8. The van der Waals surface area contributed by atoms with Gasteiger partial charge >= 0.3 is 0 Å². The number of fused-ring (bicyclic) bond motifs is 6. The number of rotatable bonds is 7. The molecule has 10 aromatic rings. The molecule has 294 valence electrons. The summed E-state index contributed by atoms with van der Waals surface area (Å²) in [4.78, 5) is 5.50. The van der Waals surface area contributed by atoms with E-state index in [0.29, 0.717) is 0 Å². The van der Waals surface area contributed by atoms with Gasteiger partial charge in [0.1, 0.15) is 6.17 Å². The van der Waals surface area contributed by atoms with Crippen molar-refractivity contribution in [2.24, 2.45) is 4.99 Å². The summed E-state index contributed by atoms with van der Waals surface area (Å²) in [5.41, 5.74) is 16.7. The first-order chi connectivity index (χ1) is 30.7. The van der Waals surface area contributed by atoms with E-state index >= 15 is 0 Å². The SMILES string of the molecule is C1=CC(c2ccc(-c3ccc(C4=CC(c5cc(-n6c7ccccc7c7ccccc76)cc(-n6c7ccccc7c7ccccc76)c5)=NC(c5ccccc5)N4)cc3)cc2)=CNC1. The molecule has 0 bridgehead atoms. The maximum absolute atomic E-state index is 5.50. The maximum Gasteiger partial charge on any atom is 0.145 e. The van der Waals surface area contributed by atoms with Gasteiger partial charge in [-0.25, -0.2) is 0 Å². The van der Waals surface area contributed by atoms with Gasteiger partial charge in [0.25, 0.3) is 0 Å². The highest BCUT2D eigenvalue weighted by Gasteiger charge is 2.23. The fourth-order valence-electron chi connectivity index (χ4n) is 9.40. The van der Waals surface area contributed by atoms with Crippen molar-refractivity contribution in [3.8, 4) is 22.5 Å². The Hall–Kier alpha value is -8.15. The second-order valence-corrected chi connectivity index (χ2v) is 16.1. The highest BCUT2D eigenvalue weighted by molar-refractivity contribution is 6.15. The van der Waals surface area contributed by atoms with Gasteiger partial charge in [0, 0.05) is 56.9 Å². The van der Waals surface area contributed by atoms with Crippen molar-refractivity contribution in [2.45, 2.75) is 6.17 Å². The quantitative estimate of drug-likeness (QED) is 0.169. The molecule has 0 saturated carbocycles. The van der Waals surface area contributed by atoms with Crippen LogP contribution in [0.3, 0.4) is 0 Å². The van der Waals surface area contributed by atoms with Gasteiger partial charge in [-0.1, -0.05) is 164 Å². The van der Waals surface area contributed by atoms with Crippen LogP contribution < -0.4 is 10.6 Å². The lowest BCUT2D eigenvalue weighted by atomic mass is 9.97. The van der Waals surface area contributed by atoms with E-state index in [4.69, 9.17) is 4.99 Å². The van der Waals surface area contributed by atoms with E-state index in [1.165, 1.54) is 65.9 Å². The third kappa shape index (κ3) is 6.13. The average Bonchev–Trinajstić information content (AvgIpc) is 3.88. The van der Waals surface area contributed by atoms with E-state index < -0.39 is 0 Å². The van der Waals surface area contributed by atoms with Crippen molar-refractivity contribution in [1.82, 2.24) is 19.8 Å². The van der Waals surface area contributed by atoms with Gasteiger partial charge < -0.3 is 19.8 Å². The number of aliphatic imine (C=N–C) groups is 1. The highest BCUT2D eigenvalue weighted by Crippen LogP contribution is 2.37. The Balaban J connectivity index is 1.03. The summed E-state index contributed by atoms with van der Waals surface area (Å²) in [5, 5.41) is 12.0. The standard InChI is InChI=1S/C57H41N5/c1-2-13-42(14-3-1)57-59-51(41-30-28-39(29-31-41)38-24-26-40(27-25-38)43-15-12-32-58-37-43)36-52(60-57)44-33-45(61-53-20-8-4-16-47(53)48-17-5-9-21-54(48)61)35-46(34-44)62-55-22-10-6-18-49(55)50-19-7-11-23-56(50)62/h1-31,33-37,57-59H,32H2. The van der Waals surface area contributed by atoms with Gasteiger partial charge in [0.2, 0.25) is 0 Å². The summed E-state index contributed by atoms with van der Waals surface area (Å²) in [6.07, 6.45) is 8.35. The number of hydrogen-bond acceptors (Lipinski definition) is 3. The second kappa shape index (κ2) is 14.8. The van der Waals surface area contributed by atoms with E-state index in [9.17, 15) is 0 Å². The molecule has 2 N–H and O–H groups in total. The summed E-state index contributed by atoms with van der Waals surface area (Å²) in [6.45, 7) is 0.872. The van der Waals surface area contributed by atoms with Crippen LogP contribution in [0.15, 0.2) is 224 Å². The summed E-state index contributed by atoms with van der Waals surface area (Å²) < 4.78 is 4.83. The molecule has 5 nitrogen and oxygen atoms in total. The van der Waals surface area contributed by atoms with Crippen LogP contribution in [-0.2, 0) is 0 Å². The topological polar surface area (TPSA) is 46.3 Å². The van der Waals surface area contributed by atoms with Crippen molar-refractivity contribution in [3.63, 3.8) is 0 Å². The number of dihydropyridines is 1. The molecule has 0 aliphatic carbocycles. The van der Waals surface area contributed by atoms with Crippen molar-refractivity contribution in [1.29, 1.82) is 0 Å². The molecule has 0 saturated heterocycles. The zero-order valence-corrected chi connectivity index (χ0v) is 33.9. The summed E-state index contributed by atoms with van der Waals surface area (Å²) in [5.74, 6) is 0. The van der Waals surface area contributed by atoms with Crippen molar-refractivity contribution in [2.75, 3.05) is 6.54 Å². The molecule has 5 heteroatoms. The molecule has 0 amide bonds. The van der Waals surface area contributed by atoms with Gasteiger partial charge in [-0.05, 0) is 81.9 Å². The zero-order chi connectivity index (χ0) is 41.0. The van der Waals surface area contributed by atoms with Gasteiger partial charge in [-0.2, -0.15) is 0 Å². The molecule has 1 atom stereocenters. The molecule has 2 aliphatic rings. The largest absolute Gasteiger partial charge is 0.387 e. The minimum atomic E-state index is -0.287. The van der Waals surface area contributed by atoms with Crippen LogP contribution in [0.4, 0.5) is 0 Å². The smallest absolute Gasteiger partial charge is 0.145 e. The Kier molecular flexibility index (Phi) is 8.56. The minimum Gasteiger partial charge on any atom is -0.387 e. The average molecular weight is 796 g/mol. The van der Waals surface area contributed by atoms with Crippen molar-refractivity contribution >= 4 is 60.6 Å². The lowest BCUT2D eigenvalue weighted by Gasteiger charge is -2.25. The van der Waals surface area contributed by atoms with Crippen molar-refractivity contribution in [3.05, 3.63) is 241 Å². The van der Waals surface area contributed by atoms with Crippen LogP contribution in [0, 0.1) is 0 Å². The molecule has 12 rings (SSSR count). The number of nitrogens with zero attached hydrogens (tertiary/aromatic N) is 3. The fourth-order valence-corrected chi connectivity index (χ4v) is 9.40. The molecule has 62 heavy (non-hydrogen) atoms. The van der Waals surface area contributed by atoms with Gasteiger partial charge in [0.05, 0.1) is 27.8 Å². The normalized spacial score (nSPS) is 15.0. The highest BCUT2D eigenvalue weighted by atomic mass is 15.1. The summed E-state index contributed by atoms with van der Waals surface area (Å²) >= 11 is 0. The number of para-hydroxylation sites is 4. The molecule has 0 fully saturated rings. The predicted molar refractivity (Wildman–Crippen MR) is 259 cm³/mol. The molecule has 0 radical (unpaired) electrons. The monoisotopic (exact) mass is 795 g/mol. The Morgan fingerprint density at radius 3 is 1.42 bits per heavy atom. The molecule has 2 aliphatic heterocycles. The number of nitrogens with one attached hydrogen (secondary N) is 2. The number of benzene rings is 8. The Bertz CT molecular complexity index is 3230. The minimum absolute atomic E-state index is 0.287. The molecule has 1 unspecified atom stereocenters. The predicted octanol–water partition coefficient (Wildman–Crippen LogP) is 13.2. The molecule has 4 heterocycles. The summed E-state index contributed by atoms with van der Waals surface area (Å²) in [6, 6.07) is 70.1. The van der Waals surface area contributed by atoms with Gasteiger partial charge in [0.15, 0.2) is 0 Å². The van der Waals surface area contributed by atoms with Crippen molar-refractivity contribution < 1.29 is 0 Å². The molecular weight excluding hydrogens is 755 g/mol. The Labute approximate surface area is 359 Å². The van der Waals surface area contributed by atoms with Crippen LogP contribution in [0.1, 0.15) is 28.4 Å². The van der Waals surface area contributed by atoms with Crippen LogP contribution in [0.5, 0.6) is 0 Å². The fraction of sp³-hybridized carbons (Fsp3) is 0.0351. The first-order valence-corrected chi connectivity index (χ1v) is 21.3. The lowest BCUT2D eigenvalue weighted by molar-refractivity contribution is 0.664. The third-order valence-electron chi connectivity index (χ3n) is 12.4. The maximum atomic E-state index is 5.50. The number of allylic oxidation sites excluding steroid dienone is 3. The van der Waals surface area contributed by atoms with Crippen LogP contribution in [0.25, 0.3) is 77.4 Å². The van der Waals surface area contributed by atoms with Crippen LogP contribution in [-0.4, -0.2) is 21.4 Å². The Morgan fingerprint density at radius 1 is 0.452 bits per heavy atom. The van der Waals surface area contributed by atoms with E-state index in [1.807, 2.05) is 0 Å². The molecule has 8 aromatic carbocycles. The second-order valence-electron chi connectivity index (χ2n) is 16.1. The lowest BCUT2D eigenvalue weighted by Crippen LogP contribution is -2.25. The summed E-state index contributed by atoms with van der Waals surface area (Å²) in [7, 11) is 0. The third-order valence-corrected chi connectivity index (χ3v) is 12.4. The first-order valence-electron chi connectivity index (χ1n) is 21.3. The van der Waals surface area contributed by atoms with Gasteiger partial charge in [-0.3, -0.25) is 4.99 Å². The number of hydrogen-bond donors (Lipinski definition) is 2. The number of aromatic nitrogens is 2. The molecular formula is C57H41N5. The molecule has 0 spiro atoms. The Morgan fingerprint density at radius 2 is 0.919 bits per heavy atom. The van der Waals surface area contributed by atoms with Crippen LogP contribution in [0.2, 0.25) is 0 Å². The van der Waals surface area contributed by atoms with E-state index in [2.05, 4.69) is 238 Å². The van der Waals surface area contributed by atoms with Gasteiger partial charge in [-0.15, -0.1) is 0 Å². The van der Waals surface area contributed by atoms with E-state index in [1.54, 1.807) is 0 Å². The zero-order valence-electron chi connectivity index (χ0n) is 33.9. The van der Waals surface area contributed by atoms with E-state index in [0.717, 1.165) is 46.0 Å². The molecule has 2 aromatic heterocycles. The van der Waals surface area contributed by atoms with E-state index in [-0.39, 0.29) is 6.17 Å².